The van der Waals surface area contributed by atoms with Crippen LogP contribution in [0.1, 0.15) is 17.0 Å². The highest BCUT2D eigenvalue weighted by Crippen LogP contribution is 2.15. The Hall–Kier alpha value is -1.34. The highest BCUT2D eigenvalue weighted by molar-refractivity contribution is 5.36. The van der Waals surface area contributed by atoms with Gasteiger partial charge in [-0.25, -0.2) is 0 Å². The summed E-state index contributed by atoms with van der Waals surface area (Å²) >= 11 is 0. The van der Waals surface area contributed by atoms with Gasteiger partial charge in [0.1, 0.15) is 11.8 Å². The first-order valence-corrected chi connectivity index (χ1v) is 3.98. The van der Waals surface area contributed by atoms with Crippen LogP contribution in [0, 0.1) is 11.3 Å². The zero-order valence-electron chi connectivity index (χ0n) is 6.96. The van der Waals surface area contributed by atoms with Crippen LogP contribution in [-0.2, 0) is 20.0 Å². The zero-order chi connectivity index (χ0) is 8.55. The predicted octanol–water partition coefficient (Wildman–Crippen LogP) is -0.0625. The molecule has 0 aromatic carbocycles. The van der Waals surface area contributed by atoms with Gasteiger partial charge in [-0.2, -0.15) is 10.4 Å². The van der Waals surface area contributed by atoms with Crippen molar-refractivity contribution in [2.75, 3.05) is 6.54 Å². The number of rotatable bonds is 0. The summed E-state index contributed by atoms with van der Waals surface area (Å²) in [5.74, 6) is 0. The fraction of sp³-hybridized carbons (Fsp3) is 0.500. The number of nitriles is 1. The van der Waals surface area contributed by atoms with Gasteiger partial charge in [-0.3, -0.25) is 4.68 Å². The number of hydrogen-bond acceptors (Lipinski definition) is 3. The molecule has 4 heteroatoms. The average Bonchev–Trinajstić information content (AvgIpc) is 2.40. The van der Waals surface area contributed by atoms with Gasteiger partial charge in [0, 0.05) is 32.1 Å². The molecular weight excluding hydrogens is 152 g/mol. The molecule has 0 fully saturated rings. The number of nitrogens with one attached hydrogen (secondary N) is 1. The normalized spacial score (nSPS) is 15.3. The van der Waals surface area contributed by atoms with E-state index in [0.717, 1.165) is 30.8 Å². The van der Waals surface area contributed by atoms with E-state index in [4.69, 9.17) is 5.26 Å². The lowest BCUT2D eigenvalue weighted by atomic mass is 10.1. The predicted molar refractivity (Wildman–Crippen MR) is 43.3 cm³/mol. The molecule has 1 N–H and O–H groups in total. The molecule has 1 aliphatic rings. The van der Waals surface area contributed by atoms with E-state index in [0.29, 0.717) is 5.69 Å². The van der Waals surface area contributed by atoms with Gasteiger partial charge < -0.3 is 5.32 Å². The van der Waals surface area contributed by atoms with Crippen molar-refractivity contribution >= 4 is 0 Å². The first kappa shape index (κ1) is 7.32. The maximum absolute atomic E-state index is 8.82. The summed E-state index contributed by atoms with van der Waals surface area (Å²) in [7, 11) is 1.82. The first-order chi connectivity index (χ1) is 5.83. The summed E-state index contributed by atoms with van der Waals surface area (Å²) in [5.41, 5.74) is 2.84. The topological polar surface area (TPSA) is 53.6 Å². The fourth-order valence-electron chi connectivity index (χ4n) is 1.57. The lowest BCUT2D eigenvalue weighted by Gasteiger charge is -2.10. The van der Waals surface area contributed by atoms with Crippen LogP contribution in [-0.4, -0.2) is 16.3 Å². The van der Waals surface area contributed by atoms with Crippen molar-refractivity contribution in [3.63, 3.8) is 0 Å². The monoisotopic (exact) mass is 162 g/mol. The van der Waals surface area contributed by atoms with Crippen LogP contribution in [0.25, 0.3) is 0 Å². The van der Waals surface area contributed by atoms with Crippen molar-refractivity contribution in [3.8, 4) is 6.07 Å². The first-order valence-electron chi connectivity index (χ1n) is 3.98. The van der Waals surface area contributed by atoms with Crippen molar-refractivity contribution in [2.24, 2.45) is 7.05 Å². The van der Waals surface area contributed by atoms with E-state index in [1.54, 1.807) is 4.68 Å². The molecule has 0 radical (unpaired) electrons. The van der Waals surface area contributed by atoms with Gasteiger partial charge in [0.2, 0.25) is 0 Å². The van der Waals surface area contributed by atoms with Gasteiger partial charge >= 0.3 is 0 Å². The Morgan fingerprint density at radius 3 is 3.25 bits per heavy atom. The average molecular weight is 162 g/mol. The molecule has 1 aliphatic heterocycles. The maximum Gasteiger partial charge on any atom is 0.142 e. The van der Waals surface area contributed by atoms with Crippen molar-refractivity contribution in [1.82, 2.24) is 15.1 Å². The van der Waals surface area contributed by atoms with E-state index in [2.05, 4.69) is 16.5 Å². The van der Waals surface area contributed by atoms with Gasteiger partial charge in [0.25, 0.3) is 0 Å². The molecule has 4 nitrogen and oxygen atoms in total. The van der Waals surface area contributed by atoms with E-state index in [-0.39, 0.29) is 0 Å². The molecule has 2 rings (SSSR count). The summed E-state index contributed by atoms with van der Waals surface area (Å²) in [5, 5.41) is 16.3. The van der Waals surface area contributed by atoms with E-state index in [1.807, 2.05) is 7.05 Å². The van der Waals surface area contributed by atoms with Crippen molar-refractivity contribution in [3.05, 3.63) is 17.0 Å². The van der Waals surface area contributed by atoms with E-state index in [1.165, 1.54) is 0 Å². The van der Waals surface area contributed by atoms with Crippen molar-refractivity contribution < 1.29 is 0 Å². The Balaban J connectivity index is 2.56. The molecule has 0 saturated carbocycles. The molecule has 12 heavy (non-hydrogen) atoms. The number of hydrogen-bond donors (Lipinski definition) is 1. The molecule has 1 aromatic heterocycles. The summed E-state index contributed by atoms with van der Waals surface area (Å²) in [4.78, 5) is 0. The Labute approximate surface area is 70.8 Å². The second kappa shape index (κ2) is 2.61. The smallest absolute Gasteiger partial charge is 0.142 e. The minimum atomic E-state index is 0.692. The van der Waals surface area contributed by atoms with Crippen LogP contribution in [0.4, 0.5) is 0 Å². The Morgan fingerprint density at radius 1 is 1.67 bits per heavy atom. The van der Waals surface area contributed by atoms with Gasteiger partial charge in [-0.15, -0.1) is 0 Å². The van der Waals surface area contributed by atoms with E-state index < -0.39 is 0 Å². The molecule has 0 aliphatic carbocycles. The van der Waals surface area contributed by atoms with Crippen LogP contribution < -0.4 is 5.32 Å². The molecule has 0 unspecified atom stereocenters. The van der Waals surface area contributed by atoms with Crippen molar-refractivity contribution in [1.29, 1.82) is 5.26 Å². The minimum absolute atomic E-state index is 0.692. The summed E-state index contributed by atoms with van der Waals surface area (Å²) in [6.45, 7) is 1.75. The molecule has 1 aromatic rings. The van der Waals surface area contributed by atoms with Crippen LogP contribution >= 0.6 is 0 Å². The van der Waals surface area contributed by atoms with Crippen molar-refractivity contribution in [2.45, 2.75) is 13.0 Å². The lowest BCUT2D eigenvalue weighted by molar-refractivity contribution is 0.632. The van der Waals surface area contributed by atoms with E-state index >= 15 is 0 Å². The molecule has 0 amide bonds. The van der Waals surface area contributed by atoms with Gasteiger partial charge in [0.15, 0.2) is 0 Å². The van der Waals surface area contributed by atoms with Gasteiger partial charge in [-0.1, -0.05) is 0 Å². The standard InChI is InChI=1S/C8H10N4/c1-12-8(4-9)6-5-10-3-2-7(6)11-12/h10H,2-3,5H2,1H3. The Kier molecular flexibility index (Phi) is 1.59. The molecule has 0 saturated heterocycles. The molecular formula is C8H10N4. The number of aromatic nitrogens is 2. The highest BCUT2D eigenvalue weighted by Gasteiger charge is 2.17. The quantitative estimate of drug-likeness (QED) is 0.581. The van der Waals surface area contributed by atoms with E-state index in [9.17, 15) is 0 Å². The third-order valence-corrected chi connectivity index (χ3v) is 2.17. The third-order valence-electron chi connectivity index (χ3n) is 2.17. The zero-order valence-corrected chi connectivity index (χ0v) is 6.96. The summed E-state index contributed by atoms with van der Waals surface area (Å²) in [6.07, 6.45) is 0.935. The number of nitrogens with zero attached hydrogens (tertiary/aromatic N) is 3. The molecule has 62 valence electrons. The molecule has 0 bridgehead atoms. The van der Waals surface area contributed by atoms with Crippen LogP contribution in [0.5, 0.6) is 0 Å². The Bertz CT molecular complexity index is 345. The molecule has 0 spiro atoms. The fourth-order valence-corrected chi connectivity index (χ4v) is 1.57. The number of fused-ring (bicyclic) bond motifs is 1. The summed E-state index contributed by atoms with van der Waals surface area (Å²) < 4.78 is 1.66. The van der Waals surface area contributed by atoms with Crippen LogP contribution in [0.15, 0.2) is 0 Å². The SMILES string of the molecule is Cn1nc2c(c1C#N)CNCC2. The van der Waals surface area contributed by atoms with Gasteiger partial charge in [0.05, 0.1) is 5.69 Å². The maximum atomic E-state index is 8.82. The molecule has 0 atom stereocenters. The number of aryl methyl sites for hydroxylation is 1. The van der Waals surface area contributed by atoms with Crippen LogP contribution in [0.3, 0.4) is 0 Å². The Morgan fingerprint density at radius 2 is 2.50 bits per heavy atom. The third kappa shape index (κ3) is 0.908. The van der Waals surface area contributed by atoms with Crippen LogP contribution in [0.2, 0.25) is 0 Å². The molecule has 2 heterocycles. The highest BCUT2D eigenvalue weighted by atomic mass is 15.3. The lowest BCUT2D eigenvalue weighted by Crippen LogP contribution is -2.23. The minimum Gasteiger partial charge on any atom is -0.312 e. The van der Waals surface area contributed by atoms with Gasteiger partial charge in [-0.05, 0) is 0 Å². The second-order valence-electron chi connectivity index (χ2n) is 2.94. The summed E-state index contributed by atoms with van der Waals surface area (Å²) in [6, 6.07) is 2.16. The second-order valence-corrected chi connectivity index (χ2v) is 2.94. The largest absolute Gasteiger partial charge is 0.312 e.